The van der Waals surface area contributed by atoms with E-state index in [2.05, 4.69) is 59.1 Å². The van der Waals surface area contributed by atoms with Crippen LogP contribution < -0.4 is 9.64 Å². The van der Waals surface area contributed by atoms with Crippen molar-refractivity contribution in [2.75, 3.05) is 58.3 Å². The standard InChI is InChI=1S/C24H33N7O.3ClH/c1-28-12-10-20(11-13-28)32-22-18-23(30-16-14-29(2)15-17-30)31-24(26-22)25-21(27-31)9-8-19-6-4-3-5-7-19;;;/h3-7,18,20H,8-17H2,1-2H3;3*1H. The van der Waals surface area contributed by atoms with E-state index in [9.17, 15) is 0 Å². The van der Waals surface area contributed by atoms with Crippen LogP contribution in [0.5, 0.6) is 5.88 Å². The van der Waals surface area contributed by atoms with E-state index in [1.807, 2.05) is 10.6 Å². The van der Waals surface area contributed by atoms with E-state index in [0.717, 1.165) is 76.6 Å². The minimum absolute atomic E-state index is 0. The molecule has 0 saturated carbocycles. The Morgan fingerprint density at radius 2 is 1.49 bits per heavy atom. The summed E-state index contributed by atoms with van der Waals surface area (Å²) in [5.74, 6) is 3.16. The van der Waals surface area contributed by atoms with Crippen LogP contribution >= 0.6 is 37.2 Å². The zero-order valence-corrected chi connectivity index (χ0v) is 22.8. The average molecular weight is 545 g/mol. The molecule has 4 heterocycles. The number of rotatable bonds is 6. The Morgan fingerprint density at radius 1 is 0.829 bits per heavy atom. The molecule has 0 N–H and O–H groups in total. The molecule has 0 amide bonds. The van der Waals surface area contributed by atoms with Gasteiger partial charge in [-0.3, -0.25) is 0 Å². The van der Waals surface area contributed by atoms with Crippen molar-refractivity contribution in [2.45, 2.75) is 31.8 Å². The van der Waals surface area contributed by atoms with Gasteiger partial charge in [-0.05, 0) is 38.9 Å². The van der Waals surface area contributed by atoms with Crippen molar-refractivity contribution >= 4 is 48.8 Å². The number of fused-ring (bicyclic) bond motifs is 1. The fraction of sp³-hybridized carbons (Fsp3) is 0.542. The van der Waals surface area contributed by atoms with Gasteiger partial charge in [-0.15, -0.1) is 42.3 Å². The summed E-state index contributed by atoms with van der Waals surface area (Å²) in [4.78, 5) is 16.6. The van der Waals surface area contributed by atoms with E-state index >= 15 is 0 Å². The number of nitrogens with zero attached hydrogens (tertiary/aromatic N) is 7. The van der Waals surface area contributed by atoms with Crippen LogP contribution in [0, 0.1) is 0 Å². The summed E-state index contributed by atoms with van der Waals surface area (Å²) < 4.78 is 8.26. The molecule has 0 radical (unpaired) electrons. The molecule has 2 aliphatic heterocycles. The number of piperazine rings is 1. The lowest BCUT2D eigenvalue weighted by Gasteiger charge is -2.34. The second-order valence-electron chi connectivity index (χ2n) is 9.09. The number of likely N-dealkylation sites (N-methyl/N-ethyl adjacent to an activating group) is 1. The van der Waals surface area contributed by atoms with Crippen molar-refractivity contribution in [3.63, 3.8) is 0 Å². The Balaban J connectivity index is 0.00000144. The van der Waals surface area contributed by atoms with Gasteiger partial charge in [0, 0.05) is 51.8 Å². The van der Waals surface area contributed by atoms with E-state index in [1.54, 1.807) is 0 Å². The SMILES string of the molecule is CN1CCC(Oc2cc(N3CCN(C)CC3)n3nc(CCc4ccccc4)nc3n2)CC1.Cl.Cl.Cl. The summed E-state index contributed by atoms with van der Waals surface area (Å²) in [6.07, 6.45) is 3.98. The molecule has 0 unspecified atom stereocenters. The van der Waals surface area contributed by atoms with Crippen LogP contribution in [0.15, 0.2) is 36.4 Å². The predicted molar refractivity (Wildman–Crippen MR) is 147 cm³/mol. The van der Waals surface area contributed by atoms with Crippen molar-refractivity contribution in [1.29, 1.82) is 0 Å². The van der Waals surface area contributed by atoms with Crippen molar-refractivity contribution in [2.24, 2.45) is 0 Å². The largest absolute Gasteiger partial charge is 0.474 e. The molecule has 0 atom stereocenters. The van der Waals surface area contributed by atoms with E-state index in [4.69, 9.17) is 19.8 Å². The highest BCUT2D eigenvalue weighted by Crippen LogP contribution is 2.25. The first-order chi connectivity index (χ1) is 15.6. The van der Waals surface area contributed by atoms with E-state index in [-0.39, 0.29) is 43.3 Å². The van der Waals surface area contributed by atoms with Gasteiger partial charge in [0.05, 0.1) is 0 Å². The van der Waals surface area contributed by atoms with E-state index in [1.165, 1.54) is 5.56 Å². The highest BCUT2D eigenvalue weighted by molar-refractivity contribution is 5.86. The van der Waals surface area contributed by atoms with Crippen molar-refractivity contribution < 1.29 is 4.74 Å². The van der Waals surface area contributed by atoms with Gasteiger partial charge in [-0.2, -0.15) is 14.5 Å². The first kappa shape index (κ1) is 29.4. The summed E-state index contributed by atoms with van der Waals surface area (Å²) in [5, 5.41) is 4.85. The minimum atomic E-state index is 0. The Kier molecular flexibility index (Phi) is 11.3. The van der Waals surface area contributed by atoms with Crippen molar-refractivity contribution in [1.82, 2.24) is 29.4 Å². The first-order valence-corrected chi connectivity index (χ1v) is 11.7. The number of piperidine rings is 1. The summed E-state index contributed by atoms with van der Waals surface area (Å²) >= 11 is 0. The number of aromatic nitrogens is 4. The van der Waals surface area contributed by atoms with Crippen LogP contribution in [-0.4, -0.2) is 88.8 Å². The molecule has 0 aliphatic carbocycles. The molecular formula is C24H36Cl3N7O. The molecular weight excluding hydrogens is 509 g/mol. The molecule has 5 rings (SSSR count). The van der Waals surface area contributed by atoms with Gasteiger partial charge in [0.2, 0.25) is 5.88 Å². The van der Waals surface area contributed by atoms with Crippen molar-refractivity contribution in [3.05, 3.63) is 47.8 Å². The first-order valence-electron chi connectivity index (χ1n) is 11.7. The van der Waals surface area contributed by atoms with Gasteiger partial charge >= 0.3 is 0 Å². The van der Waals surface area contributed by atoms with Gasteiger partial charge in [0.25, 0.3) is 5.78 Å². The molecule has 194 valence electrons. The third-order valence-electron chi connectivity index (χ3n) is 6.57. The Bertz CT molecular complexity index is 1040. The number of anilines is 1. The van der Waals surface area contributed by atoms with E-state index in [0.29, 0.717) is 11.7 Å². The maximum absolute atomic E-state index is 6.35. The molecule has 2 aliphatic rings. The molecule has 0 bridgehead atoms. The molecule has 11 heteroatoms. The van der Waals surface area contributed by atoms with Gasteiger partial charge in [0.1, 0.15) is 11.9 Å². The molecule has 35 heavy (non-hydrogen) atoms. The summed E-state index contributed by atoms with van der Waals surface area (Å²) in [6.45, 7) is 6.11. The Morgan fingerprint density at radius 3 is 2.17 bits per heavy atom. The maximum atomic E-state index is 6.35. The molecule has 1 aromatic carbocycles. The second-order valence-corrected chi connectivity index (χ2v) is 9.09. The Labute approximate surface area is 226 Å². The topological polar surface area (TPSA) is 62.0 Å². The van der Waals surface area contributed by atoms with Gasteiger partial charge in [-0.25, -0.2) is 0 Å². The minimum Gasteiger partial charge on any atom is -0.474 e. The van der Waals surface area contributed by atoms with E-state index < -0.39 is 0 Å². The monoisotopic (exact) mass is 543 g/mol. The van der Waals surface area contributed by atoms with Crippen LogP contribution in [0.3, 0.4) is 0 Å². The number of likely N-dealkylation sites (tertiary alicyclic amines) is 1. The highest BCUT2D eigenvalue weighted by Gasteiger charge is 2.23. The summed E-state index contributed by atoms with van der Waals surface area (Å²) in [6, 6.07) is 12.6. The molecule has 0 spiro atoms. The third-order valence-corrected chi connectivity index (χ3v) is 6.57. The van der Waals surface area contributed by atoms with Gasteiger partial charge in [-0.1, -0.05) is 30.3 Å². The summed E-state index contributed by atoms with van der Waals surface area (Å²) in [5.41, 5.74) is 1.30. The highest BCUT2D eigenvalue weighted by atomic mass is 35.5. The molecule has 2 aromatic heterocycles. The van der Waals surface area contributed by atoms with Crippen LogP contribution in [0.25, 0.3) is 5.78 Å². The quantitative estimate of drug-likeness (QED) is 0.471. The molecule has 2 fully saturated rings. The number of halogens is 3. The van der Waals surface area contributed by atoms with Gasteiger partial charge < -0.3 is 19.4 Å². The smallest absolute Gasteiger partial charge is 0.257 e. The zero-order valence-electron chi connectivity index (χ0n) is 20.4. The van der Waals surface area contributed by atoms with Crippen LogP contribution in [-0.2, 0) is 12.8 Å². The fourth-order valence-electron chi connectivity index (χ4n) is 4.48. The molecule has 2 saturated heterocycles. The number of benzene rings is 1. The number of hydrogen-bond donors (Lipinski definition) is 0. The lowest BCUT2D eigenvalue weighted by Crippen LogP contribution is -2.45. The van der Waals surface area contributed by atoms with Crippen molar-refractivity contribution in [3.8, 4) is 5.88 Å². The molecule has 3 aromatic rings. The second kappa shape index (κ2) is 13.5. The lowest BCUT2D eigenvalue weighted by molar-refractivity contribution is 0.110. The predicted octanol–water partition coefficient (Wildman–Crippen LogP) is 3.40. The fourth-order valence-corrected chi connectivity index (χ4v) is 4.48. The average Bonchev–Trinajstić information content (AvgIpc) is 3.23. The lowest BCUT2D eigenvalue weighted by atomic mass is 10.1. The van der Waals surface area contributed by atoms with Gasteiger partial charge in [0.15, 0.2) is 5.82 Å². The van der Waals surface area contributed by atoms with Crippen LogP contribution in [0.4, 0.5) is 5.82 Å². The van der Waals surface area contributed by atoms with Crippen LogP contribution in [0.1, 0.15) is 24.2 Å². The van der Waals surface area contributed by atoms with Crippen LogP contribution in [0.2, 0.25) is 0 Å². The number of hydrogen-bond acceptors (Lipinski definition) is 7. The Hall–Kier alpha value is -1.84. The maximum Gasteiger partial charge on any atom is 0.257 e. The normalized spacial score (nSPS) is 17.4. The third kappa shape index (κ3) is 7.33. The molecule has 8 nitrogen and oxygen atoms in total. The number of ether oxygens (including phenoxy) is 1. The summed E-state index contributed by atoms with van der Waals surface area (Å²) in [7, 11) is 4.34. The number of aryl methyl sites for hydroxylation is 2. The zero-order chi connectivity index (χ0) is 21.9.